The minimum atomic E-state index is 0.161. The van der Waals surface area contributed by atoms with E-state index in [0.29, 0.717) is 5.92 Å². The van der Waals surface area contributed by atoms with Crippen molar-refractivity contribution in [2.24, 2.45) is 24.7 Å². The van der Waals surface area contributed by atoms with Gasteiger partial charge in [0.25, 0.3) is 0 Å². The Hall–Kier alpha value is -1.39. The third kappa shape index (κ3) is 2.70. The van der Waals surface area contributed by atoms with E-state index in [4.69, 9.17) is 10.9 Å². The molecule has 1 atom stereocenters. The molecule has 0 saturated heterocycles. The number of aromatic nitrogens is 2. The zero-order chi connectivity index (χ0) is 14.8. The van der Waals surface area contributed by atoms with Crippen molar-refractivity contribution in [1.82, 2.24) is 15.2 Å². The van der Waals surface area contributed by atoms with Crippen LogP contribution in [-0.2, 0) is 7.05 Å². The summed E-state index contributed by atoms with van der Waals surface area (Å²) in [7, 11) is 2.01. The van der Waals surface area contributed by atoms with Gasteiger partial charge < -0.3 is 0 Å². The Labute approximate surface area is 126 Å². The predicted octanol–water partition coefficient (Wildman–Crippen LogP) is 3.29. The number of aryl methyl sites for hydroxylation is 1. The van der Waals surface area contributed by atoms with Crippen LogP contribution in [-0.4, -0.2) is 9.78 Å². The molecule has 1 saturated carbocycles. The van der Waals surface area contributed by atoms with Crippen molar-refractivity contribution in [2.75, 3.05) is 0 Å². The summed E-state index contributed by atoms with van der Waals surface area (Å²) in [6, 6.07) is 8.57. The van der Waals surface area contributed by atoms with Gasteiger partial charge in [0.1, 0.15) is 0 Å². The molecule has 21 heavy (non-hydrogen) atoms. The highest BCUT2D eigenvalue weighted by Crippen LogP contribution is 2.38. The Balaban J connectivity index is 1.89. The summed E-state index contributed by atoms with van der Waals surface area (Å²) >= 11 is 0. The zero-order valence-corrected chi connectivity index (χ0v) is 13.0. The molecule has 2 aromatic rings. The minimum Gasteiger partial charge on any atom is -0.271 e. The third-order valence-electron chi connectivity index (χ3n) is 5.20. The predicted molar refractivity (Wildman–Crippen MR) is 86.5 cm³/mol. The van der Waals surface area contributed by atoms with Crippen LogP contribution in [0.2, 0.25) is 0 Å². The Morgan fingerprint density at radius 3 is 2.67 bits per heavy atom. The molecule has 1 aliphatic rings. The van der Waals surface area contributed by atoms with Gasteiger partial charge >= 0.3 is 0 Å². The summed E-state index contributed by atoms with van der Waals surface area (Å²) in [5.74, 6) is 7.40. The molecule has 1 aromatic heterocycles. The number of hydrogen-bond acceptors (Lipinski definition) is 3. The molecular weight excluding hydrogens is 260 g/mol. The quantitative estimate of drug-likeness (QED) is 0.670. The highest BCUT2D eigenvalue weighted by Gasteiger charge is 2.30. The van der Waals surface area contributed by atoms with E-state index in [1.54, 1.807) is 0 Å². The lowest BCUT2D eigenvalue weighted by molar-refractivity contribution is 0.217. The number of rotatable bonds is 4. The average Bonchev–Trinajstić information content (AvgIpc) is 2.86. The highest BCUT2D eigenvalue weighted by atomic mass is 15.3. The highest BCUT2D eigenvalue weighted by molar-refractivity contribution is 5.82. The van der Waals surface area contributed by atoms with Gasteiger partial charge in [-0.15, -0.1) is 0 Å². The summed E-state index contributed by atoms with van der Waals surface area (Å²) < 4.78 is 1.96. The fraction of sp³-hybridized carbons (Fsp3) is 0.588. The normalized spacial score (nSPS) is 24.3. The van der Waals surface area contributed by atoms with E-state index in [0.717, 1.165) is 11.6 Å². The first-order valence-corrected chi connectivity index (χ1v) is 8.12. The second-order valence-electron chi connectivity index (χ2n) is 6.36. The van der Waals surface area contributed by atoms with Crippen LogP contribution in [0.4, 0.5) is 0 Å². The van der Waals surface area contributed by atoms with Crippen molar-refractivity contribution < 1.29 is 0 Å². The summed E-state index contributed by atoms with van der Waals surface area (Å²) in [5, 5.41) is 5.97. The molecular formula is C17H26N4. The largest absolute Gasteiger partial charge is 0.271 e. The van der Waals surface area contributed by atoms with Crippen LogP contribution < -0.4 is 11.3 Å². The van der Waals surface area contributed by atoms with E-state index in [9.17, 15) is 0 Å². The van der Waals surface area contributed by atoms with E-state index < -0.39 is 0 Å². The number of nitrogens with zero attached hydrogens (tertiary/aromatic N) is 2. The van der Waals surface area contributed by atoms with Crippen molar-refractivity contribution in [2.45, 2.75) is 45.1 Å². The molecule has 0 bridgehead atoms. The monoisotopic (exact) mass is 286 g/mol. The van der Waals surface area contributed by atoms with Gasteiger partial charge in [-0.2, -0.15) is 5.10 Å². The van der Waals surface area contributed by atoms with Crippen LogP contribution in [0.15, 0.2) is 24.3 Å². The van der Waals surface area contributed by atoms with Crippen LogP contribution in [0, 0.1) is 11.8 Å². The number of nitrogens with one attached hydrogen (secondary N) is 1. The molecule has 3 N–H and O–H groups in total. The fourth-order valence-corrected chi connectivity index (χ4v) is 3.84. The fourth-order valence-electron chi connectivity index (χ4n) is 3.84. The smallest absolute Gasteiger partial charge is 0.0888 e. The van der Waals surface area contributed by atoms with Crippen LogP contribution in [0.3, 0.4) is 0 Å². The molecule has 1 aromatic carbocycles. The maximum absolute atomic E-state index is 5.90. The topological polar surface area (TPSA) is 55.9 Å². The number of benzene rings is 1. The maximum Gasteiger partial charge on any atom is 0.0888 e. The Kier molecular flexibility index (Phi) is 4.27. The molecule has 0 spiro atoms. The molecule has 4 heteroatoms. The van der Waals surface area contributed by atoms with Gasteiger partial charge in [-0.3, -0.25) is 16.0 Å². The van der Waals surface area contributed by atoms with E-state index in [-0.39, 0.29) is 6.04 Å². The van der Waals surface area contributed by atoms with Gasteiger partial charge in [0.05, 0.1) is 17.3 Å². The number of hydrogen-bond donors (Lipinski definition) is 2. The van der Waals surface area contributed by atoms with Crippen molar-refractivity contribution in [1.29, 1.82) is 0 Å². The number of hydrazine groups is 1. The van der Waals surface area contributed by atoms with Gasteiger partial charge in [0.15, 0.2) is 0 Å². The maximum atomic E-state index is 5.90. The molecule has 0 aliphatic heterocycles. The van der Waals surface area contributed by atoms with Crippen molar-refractivity contribution >= 4 is 10.9 Å². The van der Waals surface area contributed by atoms with Gasteiger partial charge in [0.2, 0.25) is 0 Å². The summed E-state index contributed by atoms with van der Waals surface area (Å²) in [4.78, 5) is 0. The zero-order valence-electron chi connectivity index (χ0n) is 13.0. The number of nitrogens with two attached hydrogens (primary N) is 1. The van der Waals surface area contributed by atoms with E-state index >= 15 is 0 Å². The van der Waals surface area contributed by atoms with Crippen molar-refractivity contribution in [3.63, 3.8) is 0 Å². The van der Waals surface area contributed by atoms with Crippen LogP contribution >= 0.6 is 0 Å². The van der Waals surface area contributed by atoms with Crippen LogP contribution in [0.25, 0.3) is 10.9 Å². The summed E-state index contributed by atoms with van der Waals surface area (Å²) in [6.07, 6.45) is 6.45. The average molecular weight is 286 g/mol. The standard InChI is InChI=1S/C17H26N4/c1-3-12-8-10-13(11-9-12)16(19-18)17-14-6-4-5-7-15(14)21(2)20-17/h4-7,12-13,16,19H,3,8-11,18H2,1-2H3. The first-order valence-electron chi connectivity index (χ1n) is 8.12. The molecule has 0 amide bonds. The molecule has 114 valence electrons. The Morgan fingerprint density at radius 2 is 2.00 bits per heavy atom. The molecule has 4 nitrogen and oxygen atoms in total. The molecule has 1 unspecified atom stereocenters. The molecule has 1 fully saturated rings. The van der Waals surface area contributed by atoms with Crippen molar-refractivity contribution in [3.05, 3.63) is 30.0 Å². The molecule has 1 aliphatic carbocycles. The van der Waals surface area contributed by atoms with Gasteiger partial charge in [-0.05, 0) is 30.7 Å². The molecule has 3 rings (SSSR count). The lowest BCUT2D eigenvalue weighted by Gasteiger charge is -2.32. The van der Waals surface area contributed by atoms with E-state index in [1.807, 2.05) is 11.7 Å². The van der Waals surface area contributed by atoms with Crippen molar-refractivity contribution in [3.8, 4) is 0 Å². The first-order chi connectivity index (χ1) is 10.2. The Morgan fingerprint density at radius 1 is 1.29 bits per heavy atom. The van der Waals surface area contributed by atoms with Gasteiger partial charge in [-0.1, -0.05) is 44.4 Å². The van der Waals surface area contributed by atoms with Gasteiger partial charge in [0, 0.05) is 12.4 Å². The SMILES string of the molecule is CCC1CCC(C(NN)c2nn(C)c3ccccc23)CC1. The molecule has 1 heterocycles. The van der Waals surface area contributed by atoms with E-state index in [2.05, 4.69) is 36.6 Å². The summed E-state index contributed by atoms with van der Waals surface area (Å²) in [5.41, 5.74) is 5.33. The third-order valence-corrected chi connectivity index (χ3v) is 5.20. The minimum absolute atomic E-state index is 0.161. The van der Waals surface area contributed by atoms with Crippen LogP contribution in [0.1, 0.15) is 50.8 Å². The second kappa shape index (κ2) is 6.16. The first kappa shape index (κ1) is 14.5. The second-order valence-corrected chi connectivity index (χ2v) is 6.36. The summed E-state index contributed by atoms with van der Waals surface area (Å²) in [6.45, 7) is 2.30. The lowest BCUT2D eigenvalue weighted by Crippen LogP contribution is -2.35. The van der Waals surface area contributed by atoms with Crippen LogP contribution in [0.5, 0.6) is 0 Å². The number of fused-ring (bicyclic) bond motifs is 1. The Bertz CT molecular complexity index is 596. The van der Waals surface area contributed by atoms with Gasteiger partial charge in [-0.25, -0.2) is 0 Å². The molecule has 0 radical (unpaired) electrons. The van der Waals surface area contributed by atoms with E-state index in [1.165, 1.54) is 43.0 Å². The lowest BCUT2D eigenvalue weighted by atomic mass is 9.77. The number of para-hydroxylation sites is 1.